The molecule has 0 aliphatic carbocycles. The first-order valence-electron chi connectivity index (χ1n) is 5.08. The number of thiophene rings is 1. The summed E-state index contributed by atoms with van der Waals surface area (Å²) in [5, 5.41) is 16.2. The first-order chi connectivity index (χ1) is 7.76. The number of aliphatic hydroxyl groups excluding tert-OH is 1. The van der Waals surface area contributed by atoms with Crippen molar-refractivity contribution in [2.45, 2.75) is 19.6 Å². The molecule has 5 heteroatoms. The maximum Gasteiger partial charge on any atom is 0.130 e. The Labute approximate surface area is 98.1 Å². The van der Waals surface area contributed by atoms with Gasteiger partial charge in [-0.15, -0.1) is 11.3 Å². The zero-order valence-electron chi connectivity index (χ0n) is 9.25. The number of hydrogen-bond donors (Lipinski definition) is 1. The van der Waals surface area contributed by atoms with E-state index < -0.39 is 6.10 Å². The van der Waals surface area contributed by atoms with Gasteiger partial charge in [-0.05, 0) is 19.1 Å². The lowest BCUT2D eigenvalue weighted by atomic mass is 10.2. The monoisotopic (exact) mass is 238 g/mol. The highest BCUT2D eigenvalue weighted by molar-refractivity contribution is 7.10. The molecular weight excluding hydrogens is 224 g/mol. The number of rotatable bonds is 4. The molecule has 1 atom stereocenters. The number of aryl methyl sites for hydroxylation is 1. The second-order valence-electron chi connectivity index (χ2n) is 3.36. The highest BCUT2D eigenvalue weighted by atomic mass is 32.1. The Bertz CT molecular complexity index is 464. The fraction of sp³-hybridized carbons (Fsp3) is 0.364. The van der Waals surface area contributed by atoms with E-state index in [2.05, 4.69) is 5.10 Å². The smallest absolute Gasteiger partial charge is 0.130 e. The van der Waals surface area contributed by atoms with Gasteiger partial charge < -0.3 is 9.84 Å². The fourth-order valence-electron chi connectivity index (χ4n) is 1.57. The molecule has 86 valence electrons. The Morgan fingerprint density at radius 1 is 1.62 bits per heavy atom. The average Bonchev–Trinajstić information content (AvgIpc) is 2.96. The van der Waals surface area contributed by atoms with Crippen LogP contribution in [0, 0.1) is 0 Å². The number of aliphatic hydroxyl groups is 1. The van der Waals surface area contributed by atoms with Crippen molar-refractivity contribution in [1.29, 1.82) is 0 Å². The Hall–Kier alpha value is -1.33. The summed E-state index contributed by atoms with van der Waals surface area (Å²) >= 11 is 1.48. The molecular formula is C11H14N2O2S. The molecule has 0 bridgehead atoms. The molecule has 0 fully saturated rings. The van der Waals surface area contributed by atoms with E-state index in [1.807, 2.05) is 24.4 Å². The predicted octanol–water partition coefficient (Wildman–Crippen LogP) is 2.05. The van der Waals surface area contributed by atoms with Crippen LogP contribution in [0.15, 0.2) is 23.7 Å². The van der Waals surface area contributed by atoms with E-state index in [4.69, 9.17) is 4.74 Å². The van der Waals surface area contributed by atoms with Crippen molar-refractivity contribution >= 4 is 11.3 Å². The van der Waals surface area contributed by atoms with Crippen molar-refractivity contribution in [1.82, 2.24) is 9.78 Å². The second-order valence-corrected chi connectivity index (χ2v) is 4.31. The van der Waals surface area contributed by atoms with Crippen molar-refractivity contribution < 1.29 is 9.84 Å². The van der Waals surface area contributed by atoms with Gasteiger partial charge in [0.25, 0.3) is 0 Å². The molecule has 2 rings (SSSR count). The summed E-state index contributed by atoms with van der Waals surface area (Å²) in [7, 11) is 1.62. The number of hydrogen-bond acceptors (Lipinski definition) is 4. The molecule has 0 saturated heterocycles. The molecule has 0 aromatic carbocycles. The molecule has 2 heterocycles. The summed E-state index contributed by atoms with van der Waals surface area (Å²) in [4.78, 5) is 0.868. The third-order valence-electron chi connectivity index (χ3n) is 2.43. The van der Waals surface area contributed by atoms with Gasteiger partial charge in [0.2, 0.25) is 0 Å². The summed E-state index contributed by atoms with van der Waals surface area (Å²) in [5.41, 5.74) is 0.812. The number of nitrogens with zero attached hydrogens (tertiary/aromatic N) is 2. The van der Waals surface area contributed by atoms with Gasteiger partial charge in [-0.2, -0.15) is 5.10 Å². The molecule has 0 amide bonds. The van der Waals surface area contributed by atoms with E-state index in [0.29, 0.717) is 0 Å². The van der Waals surface area contributed by atoms with Crippen LogP contribution in [0.2, 0.25) is 0 Å². The lowest BCUT2D eigenvalue weighted by molar-refractivity contribution is 0.211. The summed E-state index contributed by atoms with van der Waals surface area (Å²) in [5.74, 6) is 0.779. The van der Waals surface area contributed by atoms with Crippen LogP contribution in [0.1, 0.15) is 23.6 Å². The van der Waals surface area contributed by atoms with E-state index in [0.717, 1.165) is 22.9 Å². The van der Waals surface area contributed by atoms with E-state index in [1.54, 1.807) is 18.0 Å². The van der Waals surface area contributed by atoms with Gasteiger partial charge in [-0.25, -0.2) is 0 Å². The Balaban J connectivity index is 2.27. The largest absolute Gasteiger partial charge is 0.496 e. The number of ether oxygens (including phenoxy) is 1. The second kappa shape index (κ2) is 4.67. The molecule has 0 aliphatic rings. The SMILES string of the molecule is CCn1nccc1C(O)c1cc(OC)cs1. The van der Waals surface area contributed by atoms with Crippen LogP contribution in [0.5, 0.6) is 5.75 Å². The van der Waals surface area contributed by atoms with Crippen molar-refractivity contribution in [2.24, 2.45) is 0 Å². The third kappa shape index (κ3) is 1.96. The van der Waals surface area contributed by atoms with Gasteiger partial charge in [0.1, 0.15) is 11.9 Å². The minimum absolute atomic E-state index is 0.628. The molecule has 4 nitrogen and oxygen atoms in total. The molecule has 1 N–H and O–H groups in total. The highest BCUT2D eigenvalue weighted by Crippen LogP contribution is 2.30. The summed E-state index contributed by atoms with van der Waals surface area (Å²) < 4.78 is 6.88. The molecule has 2 aromatic heterocycles. The van der Waals surface area contributed by atoms with Gasteiger partial charge in [-0.1, -0.05) is 0 Å². The normalized spacial score (nSPS) is 12.7. The van der Waals surface area contributed by atoms with Gasteiger partial charge in [0.05, 0.1) is 12.8 Å². The zero-order chi connectivity index (χ0) is 11.5. The van der Waals surface area contributed by atoms with Crippen LogP contribution in [-0.2, 0) is 6.54 Å². The molecule has 2 aromatic rings. The average molecular weight is 238 g/mol. The maximum absolute atomic E-state index is 10.2. The summed E-state index contributed by atoms with van der Waals surface area (Å²) in [6, 6.07) is 3.68. The third-order valence-corrected chi connectivity index (χ3v) is 3.39. The molecule has 0 aliphatic heterocycles. The molecule has 0 radical (unpaired) electrons. The zero-order valence-corrected chi connectivity index (χ0v) is 10.1. The first kappa shape index (κ1) is 11.2. The van der Waals surface area contributed by atoms with Crippen LogP contribution in [0.3, 0.4) is 0 Å². The van der Waals surface area contributed by atoms with Crippen molar-refractivity contribution in [3.05, 3.63) is 34.3 Å². The van der Waals surface area contributed by atoms with E-state index in [-0.39, 0.29) is 0 Å². The summed E-state index contributed by atoms with van der Waals surface area (Å²) in [6.07, 6.45) is 1.07. The maximum atomic E-state index is 10.2. The highest BCUT2D eigenvalue weighted by Gasteiger charge is 2.16. The van der Waals surface area contributed by atoms with Crippen LogP contribution in [-0.4, -0.2) is 22.0 Å². The summed E-state index contributed by atoms with van der Waals surface area (Å²) in [6.45, 7) is 2.75. The van der Waals surface area contributed by atoms with Gasteiger partial charge in [0.15, 0.2) is 0 Å². The quantitative estimate of drug-likeness (QED) is 0.886. The Morgan fingerprint density at radius 2 is 2.44 bits per heavy atom. The molecule has 0 saturated carbocycles. The predicted molar refractivity (Wildman–Crippen MR) is 62.8 cm³/mol. The van der Waals surface area contributed by atoms with Crippen molar-refractivity contribution in [2.75, 3.05) is 7.11 Å². The topological polar surface area (TPSA) is 47.3 Å². The Morgan fingerprint density at radius 3 is 3.06 bits per heavy atom. The van der Waals surface area contributed by atoms with Crippen LogP contribution < -0.4 is 4.74 Å². The minimum Gasteiger partial charge on any atom is -0.496 e. The molecule has 0 spiro atoms. The van der Waals surface area contributed by atoms with Gasteiger partial charge >= 0.3 is 0 Å². The standard InChI is InChI=1S/C11H14N2O2S/c1-3-13-9(4-5-12-13)11(14)10-6-8(15-2)7-16-10/h4-7,11,14H,3H2,1-2H3. The lowest BCUT2D eigenvalue weighted by Crippen LogP contribution is -2.07. The number of methoxy groups -OCH3 is 1. The van der Waals surface area contributed by atoms with Crippen molar-refractivity contribution in [3.8, 4) is 5.75 Å². The van der Waals surface area contributed by atoms with E-state index in [1.165, 1.54) is 11.3 Å². The van der Waals surface area contributed by atoms with Crippen LogP contribution >= 0.6 is 11.3 Å². The molecule has 1 unspecified atom stereocenters. The van der Waals surface area contributed by atoms with Crippen LogP contribution in [0.4, 0.5) is 0 Å². The first-order valence-corrected chi connectivity index (χ1v) is 5.96. The molecule has 16 heavy (non-hydrogen) atoms. The minimum atomic E-state index is -0.628. The lowest BCUT2D eigenvalue weighted by Gasteiger charge is -2.10. The van der Waals surface area contributed by atoms with E-state index in [9.17, 15) is 5.11 Å². The Kier molecular flexibility index (Phi) is 3.26. The fourth-order valence-corrected chi connectivity index (χ4v) is 2.42. The van der Waals surface area contributed by atoms with Crippen molar-refractivity contribution in [3.63, 3.8) is 0 Å². The van der Waals surface area contributed by atoms with E-state index >= 15 is 0 Å². The van der Waals surface area contributed by atoms with Crippen LogP contribution in [0.25, 0.3) is 0 Å². The van der Waals surface area contributed by atoms with Gasteiger partial charge in [-0.3, -0.25) is 4.68 Å². The van der Waals surface area contributed by atoms with Gasteiger partial charge in [0, 0.05) is 23.0 Å². The number of aromatic nitrogens is 2.